The van der Waals surface area contributed by atoms with Gasteiger partial charge in [-0.05, 0) is 13.0 Å². The summed E-state index contributed by atoms with van der Waals surface area (Å²) in [5, 5.41) is 3.24. The van der Waals surface area contributed by atoms with Crippen molar-refractivity contribution in [2.75, 3.05) is 26.7 Å². The van der Waals surface area contributed by atoms with Gasteiger partial charge in [-0.3, -0.25) is 0 Å². The third kappa shape index (κ3) is 6.83. The topological polar surface area (TPSA) is 61.4 Å². The third-order valence-electron chi connectivity index (χ3n) is 1.94. The minimum absolute atomic E-state index is 0.427. The van der Waals surface area contributed by atoms with E-state index >= 15 is 0 Å². The van der Waals surface area contributed by atoms with Gasteiger partial charge in [0.1, 0.15) is 0 Å². The summed E-state index contributed by atoms with van der Waals surface area (Å²) in [6, 6.07) is 0.445. The van der Waals surface area contributed by atoms with Crippen molar-refractivity contribution in [1.82, 2.24) is 14.3 Å². The molecule has 0 radical (unpaired) electrons. The average molecular weight is 237 g/mol. The van der Waals surface area contributed by atoms with Crippen LogP contribution < -0.4 is 10.0 Å². The molecule has 0 aliphatic rings. The summed E-state index contributed by atoms with van der Waals surface area (Å²) in [4.78, 5) is 0. The minimum Gasteiger partial charge on any atom is -0.314 e. The van der Waals surface area contributed by atoms with Gasteiger partial charge < -0.3 is 5.32 Å². The Morgan fingerprint density at radius 2 is 1.93 bits per heavy atom. The van der Waals surface area contributed by atoms with Gasteiger partial charge in [-0.2, -0.15) is 12.7 Å². The number of hydrogen-bond acceptors (Lipinski definition) is 3. The second-order valence-electron chi connectivity index (χ2n) is 3.79. The zero-order valence-corrected chi connectivity index (χ0v) is 10.9. The van der Waals surface area contributed by atoms with Crippen LogP contribution in [-0.4, -0.2) is 45.4 Å². The second-order valence-corrected chi connectivity index (χ2v) is 5.65. The van der Waals surface area contributed by atoms with Crippen LogP contribution in [0.4, 0.5) is 0 Å². The summed E-state index contributed by atoms with van der Waals surface area (Å²) in [6.07, 6.45) is 0.819. The fourth-order valence-corrected chi connectivity index (χ4v) is 2.06. The van der Waals surface area contributed by atoms with Crippen molar-refractivity contribution in [2.24, 2.45) is 0 Å². The van der Waals surface area contributed by atoms with Crippen LogP contribution in [0.5, 0.6) is 0 Å². The summed E-state index contributed by atoms with van der Waals surface area (Å²) in [7, 11) is -1.66. The Morgan fingerprint density at radius 1 is 1.33 bits per heavy atom. The van der Waals surface area contributed by atoms with Gasteiger partial charge in [0, 0.05) is 26.2 Å². The monoisotopic (exact) mass is 237 g/mol. The van der Waals surface area contributed by atoms with Gasteiger partial charge in [0.15, 0.2) is 0 Å². The van der Waals surface area contributed by atoms with E-state index < -0.39 is 10.2 Å². The van der Waals surface area contributed by atoms with Crippen molar-refractivity contribution in [1.29, 1.82) is 0 Å². The SMILES string of the molecule is CCNS(=O)(=O)N(C)CCCNC(C)C. The maximum Gasteiger partial charge on any atom is 0.279 e. The first kappa shape index (κ1) is 14.8. The predicted octanol–water partition coefficient (Wildman–Crippen LogP) is 0.161. The second kappa shape index (κ2) is 7.16. The summed E-state index contributed by atoms with van der Waals surface area (Å²) in [5.41, 5.74) is 0. The Balaban J connectivity index is 3.78. The van der Waals surface area contributed by atoms with Crippen molar-refractivity contribution in [2.45, 2.75) is 33.2 Å². The largest absolute Gasteiger partial charge is 0.314 e. The molecular weight excluding hydrogens is 214 g/mol. The van der Waals surface area contributed by atoms with Gasteiger partial charge in [0.25, 0.3) is 10.2 Å². The average Bonchev–Trinajstić information content (AvgIpc) is 2.11. The van der Waals surface area contributed by atoms with E-state index in [2.05, 4.69) is 23.9 Å². The highest BCUT2D eigenvalue weighted by Crippen LogP contribution is 1.94. The highest BCUT2D eigenvalue weighted by molar-refractivity contribution is 7.87. The molecule has 0 saturated carbocycles. The van der Waals surface area contributed by atoms with Gasteiger partial charge in [0.2, 0.25) is 0 Å². The Hall–Kier alpha value is -0.170. The number of rotatable bonds is 8. The lowest BCUT2D eigenvalue weighted by Crippen LogP contribution is -2.39. The molecule has 0 aliphatic heterocycles. The van der Waals surface area contributed by atoms with E-state index in [0.29, 0.717) is 19.1 Å². The smallest absolute Gasteiger partial charge is 0.279 e. The molecule has 0 aliphatic carbocycles. The molecule has 15 heavy (non-hydrogen) atoms. The van der Waals surface area contributed by atoms with Crippen LogP contribution in [0.2, 0.25) is 0 Å². The molecule has 0 amide bonds. The lowest BCUT2D eigenvalue weighted by atomic mass is 10.3. The van der Waals surface area contributed by atoms with Crippen LogP contribution in [0.1, 0.15) is 27.2 Å². The van der Waals surface area contributed by atoms with Crippen LogP contribution in [0.15, 0.2) is 0 Å². The molecule has 0 heterocycles. The lowest BCUT2D eigenvalue weighted by molar-refractivity contribution is 0.440. The Kier molecular flexibility index (Phi) is 7.08. The standard InChI is InChI=1S/C9H23N3O2S/c1-5-11-15(13,14)12(4)8-6-7-10-9(2)3/h9-11H,5-8H2,1-4H3. The van der Waals surface area contributed by atoms with Crippen molar-refractivity contribution in [3.63, 3.8) is 0 Å². The highest BCUT2D eigenvalue weighted by Gasteiger charge is 2.14. The Labute approximate surface area is 93.4 Å². The first-order chi connectivity index (χ1) is 6.90. The molecular formula is C9H23N3O2S. The van der Waals surface area contributed by atoms with E-state index in [0.717, 1.165) is 13.0 Å². The zero-order valence-electron chi connectivity index (χ0n) is 10.1. The maximum absolute atomic E-state index is 11.5. The first-order valence-corrected chi connectivity index (χ1v) is 6.78. The quantitative estimate of drug-likeness (QED) is 0.591. The Bertz CT molecular complexity index is 252. The van der Waals surface area contributed by atoms with Gasteiger partial charge in [-0.15, -0.1) is 0 Å². The fraction of sp³-hybridized carbons (Fsp3) is 1.00. The molecule has 0 unspecified atom stereocenters. The van der Waals surface area contributed by atoms with E-state index in [1.165, 1.54) is 4.31 Å². The van der Waals surface area contributed by atoms with Crippen LogP contribution in [0.3, 0.4) is 0 Å². The molecule has 6 heteroatoms. The molecule has 0 atom stereocenters. The molecule has 2 N–H and O–H groups in total. The van der Waals surface area contributed by atoms with E-state index in [9.17, 15) is 8.42 Å². The molecule has 0 aromatic heterocycles. The number of hydrogen-bond donors (Lipinski definition) is 2. The van der Waals surface area contributed by atoms with Gasteiger partial charge >= 0.3 is 0 Å². The van der Waals surface area contributed by atoms with E-state index in [-0.39, 0.29) is 0 Å². The molecule has 0 spiro atoms. The fourth-order valence-electron chi connectivity index (χ4n) is 1.11. The van der Waals surface area contributed by atoms with E-state index in [1.807, 2.05) is 0 Å². The van der Waals surface area contributed by atoms with Crippen molar-refractivity contribution < 1.29 is 8.42 Å². The molecule has 0 aromatic rings. The lowest BCUT2D eigenvalue weighted by Gasteiger charge is -2.17. The first-order valence-electron chi connectivity index (χ1n) is 5.34. The number of nitrogens with one attached hydrogen (secondary N) is 2. The molecule has 0 aromatic carbocycles. The van der Waals surface area contributed by atoms with Gasteiger partial charge in [-0.1, -0.05) is 20.8 Å². The predicted molar refractivity (Wildman–Crippen MR) is 63.0 cm³/mol. The van der Waals surface area contributed by atoms with Crippen LogP contribution in [-0.2, 0) is 10.2 Å². The molecule has 0 rings (SSSR count). The summed E-state index contributed by atoms with van der Waals surface area (Å²) in [5.74, 6) is 0. The maximum atomic E-state index is 11.5. The molecule has 0 bridgehead atoms. The van der Waals surface area contributed by atoms with Crippen LogP contribution >= 0.6 is 0 Å². The minimum atomic E-state index is -3.26. The number of nitrogens with zero attached hydrogens (tertiary/aromatic N) is 1. The highest BCUT2D eigenvalue weighted by atomic mass is 32.2. The molecule has 5 nitrogen and oxygen atoms in total. The van der Waals surface area contributed by atoms with Crippen molar-refractivity contribution >= 4 is 10.2 Å². The van der Waals surface area contributed by atoms with Crippen molar-refractivity contribution in [3.05, 3.63) is 0 Å². The zero-order chi connectivity index (χ0) is 11.9. The van der Waals surface area contributed by atoms with Gasteiger partial charge in [0.05, 0.1) is 0 Å². The molecule has 0 fully saturated rings. The van der Waals surface area contributed by atoms with Crippen LogP contribution in [0.25, 0.3) is 0 Å². The van der Waals surface area contributed by atoms with E-state index in [4.69, 9.17) is 0 Å². The van der Waals surface area contributed by atoms with Gasteiger partial charge in [-0.25, -0.2) is 4.72 Å². The summed E-state index contributed by atoms with van der Waals surface area (Å²) < 4.78 is 26.7. The van der Waals surface area contributed by atoms with Crippen molar-refractivity contribution in [3.8, 4) is 0 Å². The van der Waals surface area contributed by atoms with Crippen LogP contribution in [0, 0.1) is 0 Å². The third-order valence-corrected chi connectivity index (χ3v) is 3.60. The molecule has 0 saturated heterocycles. The summed E-state index contributed by atoms with van der Waals surface area (Å²) in [6.45, 7) is 7.71. The normalized spacial score (nSPS) is 12.7. The Morgan fingerprint density at radius 3 is 2.40 bits per heavy atom. The van der Waals surface area contributed by atoms with E-state index in [1.54, 1.807) is 14.0 Å². The molecule has 92 valence electrons. The summed E-state index contributed by atoms with van der Waals surface area (Å²) >= 11 is 0.